The van der Waals surface area contributed by atoms with Crippen LogP contribution in [0.5, 0.6) is 0 Å². The molecule has 1 aromatic carbocycles. The van der Waals surface area contributed by atoms with E-state index in [1.54, 1.807) is 16.8 Å². The minimum Gasteiger partial charge on any atom is -0.314 e. The van der Waals surface area contributed by atoms with Crippen LogP contribution in [0.25, 0.3) is 5.69 Å². The van der Waals surface area contributed by atoms with Crippen molar-refractivity contribution in [2.45, 2.75) is 6.54 Å². The molecule has 90 valence electrons. The second-order valence-corrected chi connectivity index (χ2v) is 5.19. The van der Waals surface area contributed by atoms with Gasteiger partial charge in [-0.25, -0.2) is 4.68 Å². The van der Waals surface area contributed by atoms with Crippen LogP contribution in [0, 0.1) is 0 Å². The van der Waals surface area contributed by atoms with E-state index in [9.17, 15) is 0 Å². The highest BCUT2D eigenvalue weighted by atomic mass is 79.9. The molecule has 6 heteroatoms. The lowest BCUT2D eigenvalue weighted by atomic mass is 10.3. The average molecular weight is 335 g/mol. The third-order valence-corrected chi connectivity index (χ3v) is 3.44. The van der Waals surface area contributed by atoms with Crippen molar-refractivity contribution in [1.82, 2.24) is 15.1 Å². The molecular formula is C11H10BrCl2N3. The van der Waals surface area contributed by atoms with E-state index in [0.29, 0.717) is 16.6 Å². The van der Waals surface area contributed by atoms with Gasteiger partial charge < -0.3 is 5.32 Å². The van der Waals surface area contributed by atoms with Crippen molar-refractivity contribution >= 4 is 39.1 Å². The van der Waals surface area contributed by atoms with E-state index in [1.165, 1.54) is 0 Å². The molecule has 0 bridgehead atoms. The van der Waals surface area contributed by atoms with E-state index in [1.807, 2.05) is 19.3 Å². The van der Waals surface area contributed by atoms with Gasteiger partial charge in [-0.1, -0.05) is 23.2 Å². The molecule has 1 N–H and O–H groups in total. The smallest absolute Gasteiger partial charge is 0.0908 e. The van der Waals surface area contributed by atoms with E-state index in [-0.39, 0.29) is 0 Å². The lowest BCUT2D eigenvalue weighted by molar-refractivity contribution is 0.755. The van der Waals surface area contributed by atoms with Gasteiger partial charge in [-0.05, 0) is 41.2 Å². The quantitative estimate of drug-likeness (QED) is 0.928. The van der Waals surface area contributed by atoms with Crippen LogP contribution in [0.1, 0.15) is 5.69 Å². The van der Waals surface area contributed by atoms with Crippen LogP contribution in [0.2, 0.25) is 10.0 Å². The maximum absolute atomic E-state index is 6.13. The van der Waals surface area contributed by atoms with Crippen LogP contribution in [-0.4, -0.2) is 16.8 Å². The summed E-state index contributed by atoms with van der Waals surface area (Å²) in [6.45, 7) is 0.693. The number of nitrogens with zero attached hydrogens (tertiary/aromatic N) is 2. The molecule has 0 saturated carbocycles. The Balaban J connectivity index is 2.42. The first-order chi connectivity index (χ1) is 8.11. The van der Waals surface area contributed by atoms with Crippen molar-refractivity contribution in [1.29, 1.82) is 0 Å². The maximum atomic E-state index is 6.13. The fourth-order valence-electron chi connectivity index (χ4n) is 1.47. The fraction of sp³-hybridized carbons (Fsp3) is 0.182. The zero-order valence-corrected chi connectivity index (χ0v) is 12.1. The van der Waals surface area contributed by atoms with Crippen molar-refractivity contribution in [3.8, 4) is 5.69 Å². The Labute approximate surface area is 118 Å². The third kappa shape index (κ3) is 2.83. The molecule has 0 spiro atoms. The lowest BCUT2D eigenvalue weighted by Crippen LogP contribution is -2.07. The summed E-state index contributed by atoms with van der Waals surface area (Å²) >= 11 is 15.4. The van der Waals surface area contributed by atoms with Crippen LogP contribution in [0.3, 0.4) is 0 Å². The highest BCUT2D eigenvalue weighted by Gasteiger charge is 2.09. The predicted octanol–water partition coefficient (Wildman–Crippen LogP) is 3.66. The molecule has 0 saturated heterocycles. The van der Waals surface area contributed by atoms with Gasteiger partial charge in [0.1, 0.15) is 0 Å². The predicted molar refractivity (Wildman–Crippen MR) is 74.0 cm³/mol. The van der Waals surface area contributed by atoms with Crippen LogP contribution in [0.15, 0.2) is 28.9 Å². The zero-order chi connectivity index (χ0) is 12.4. The molecule has 0 amide bonds. The normalized spacial score (nSPS) is 10.8. The number of hydrogen-bond donors (Lipinski definition) is 1. The second kappa shape index (κ2) is 5.40. The Morgan fingerprint density at radius 2 is 2.18 bits per heavy atom. The molecule has 3 nitrogen and oxygen atoms in total. The number of nitrogens with one attached hydrogen (secondary N) is 1. The van der Waals surface area contributed by atoms with Gasteiger partial charge in [0.15, 0.2) is 0 Å². The van der Waals surface area contributed by atoms with Crippen molar-refractivity contribution in [3.63, 3.8) is 0 Å². The molecule has 0 aliphatic carbocycles. The van der Waals surface area contributed by atoms with Crippen LogP contribution >= 0.6 is 39.1 Å². The molecule has 1 heterocycles. The monoisotopic (exact) mass is 333 g/mol. The van der Waals surface area contributed by atoms with Gasteiger partial charge in [-0.15, -0.1) is 0 Å². The van der Waals surface area contributed by atoms with Crippen molar-refractivity contribution < 1.29 is 0 Å². The maximum Gasteiger partial charge on any atom is 0.0908 e. The molecule has 0 unspecified atom stereocenters. The molecule has 0 aliphatic heterocycles. The average Bonchev–Trinajstić information content (AvgIpc) is 2.60. The Kier molecular flexibility index (Phi) is 4.09. The van der Waals surface area contributed by atoms with E-state index in [0.717, 1.165) is 15.9 Å². The summed E-state index contributed by atoms with van der Waals surface area (Å²) in [5, 5.41) is 8.68. The first-order valence-corrected chi connectivity index (χ1v) is 6.51. The van der Waals surface area contributed by atoms with Gasteiger partial charge in [0, 0.05) is 17.8 Å². The molecular weight excluding hydrogens is 325 g/mol. The highest BCUT2D eigenvalue weighted by Crippen LogP contribution is 2.26. The second-order valence-electron chi connectivity index (χ2n) is 3.49. The van der Waals surface area contributed by atoms with E-state index in [2.05, 4.69) is 26.3 Å². The number of benzene rings is 1. The van der Waals surface area contributed by atoms with Gasteiger partial charge in [0.25, 0.3) is 0 Å². The van der Waals surface area contributed by atoms with Crippen molar-refractivity contribution in [2.75, 3.05) is 7.05 Å². The topological polar surface area (TPSA) is 29.9 Å². The first-order valence-electron chi connectivity index (χ1n) is 4.96. The summed E-state index contributed by atoms with van der Waals surface area (Å²) in [7, 11) is 1.88. The van der Waals surface area contributed by atoms with Gasteiger partial charge in [0.05, 0.1) is 20.9 Å². The highest BCUT2D eigenvalue weighted by molar-refractivity contribution is 9.10. The Morgan fingerprint density at radius 1 is 1.41 bits per heavy atom. The molecule has 0 aliphatic rings. The van der Waals surface area contributed by atoms with Gasteiger partial charge >= 0.3 is 0 Å². The van der Waals surface area contributed by atoms with Gasteiger partial charge in [0.2, 0.25) is 0 Å². The van der Waals surface area contributed by atoms with Gasteiger partial charge in [-0.3, -0.25) is 0 Å². The first kappa shape index (κ1) is 12.9. The number of halogens is 3. The largest absolute Gasteiger partial charge is 0.314 e. The molecule has 17 heavy (non-hydrogen) atoms. The summed E-state index contributed by atoms with van der Waals surface area (Å²) < 4.78 is 2.67. The summed E-state index contributed by atoms with van der Waals surface area (Å²) in [6, 6.07) is 5.33. The molecule has 0 atom stereocenters. The van der Waals surface area contributed by atoms with E-state index >= 15 is 0 Å². The minimum absolute atomic E-state index is 0.573. The molecule has 1 aromatic heterocycles. The number of rotatable bonds is 3. The molecule has 0 radical (unpaired) electrons. The molecule has 2 aromatic rings. The summed E-state index contributed by atoms with van der Waals surface area (Å²) in [5.74, 6) is 0. The van der Waals surface area contributed by atoms with Crippen LogP contribution in [0.4, 0.5) is 0 Å². The summed E-state index contributed by atoms with van der Waals surface area (Å²) in [5.41, 5.74) is 1.73. The Morgan fingerprint density at radius 3 is 2.82 bits per heavy atom. The van der Waals surface area contributed by atoms with Crippen molar-refractivity contribution in [3.05, 3.63) is 44.6 Å². The third-order valence-electron chi connectivity index (χ3n) is 2.24. The number of aromatic nitrogens is 2. The lowest BCUT2D eigenvalue weighted by Gasteiger charge is -2.04. The van der Waals surface area contributed by atoms with Gasteiger partial charge in [-0.2, -0.15) is 5.10 Å². The van der Waals surface area contributed by atoms with E-state index in [4.69, 9.17) is 23.2 Å². The summed E-state index contributed by atoms with van der Waals surface area (Å²) in [4.78, 5) is 0. The molecule has 2 rings (SSSR count). The zero-order valence-electron chi connectivity index (χ0n) is 9.04. The Bertz CT molecular complexity index is 540. The van der Waals surface area contributed by atoms with Crippen LogP contribution in [-0.2, 0) is 6.54 Å². The molecule has 0 fully saturated rings. The van der Waals surface area contributed by atoms with E-state index < -0.39 is 0 Å². The standard InChI is InChI=1S/C11H10BrCl2N3/c1-15-5-10-8(12)6-17(16-10)11-3-2-7(13)4-9(11)14/h2-4,6,15H,5H2,1H3. The SMILES string of the molecule is CNCc1nn(-c2ccc(Cl)cc2Cl)cc1Br. The van der Waals surface area contributed by atoms with Crippen molar-refractivity contribution in [2.24, 2.45) is 0 Å². The Hall–Kier alpha value is -0.550. The summed E-state index contributed by atoms with van der Waals surface area (Å²) in [6.07, 6.45) is 1.88. The number of hydrogen-bond acceptors (Lipinski definition) is 2. The van der Waals surface area contributed by atoms with Crippen LogP contribution < -0.4 is 5.32 Å². The fourth-order valence-corrected chi connectivity index (χ4v) is 2.37. The minimum atomic E-state index is 0.573.